The zero-order valence-corrected chi connectivity index (χ0v) is 8.97. The topological polar surface area (TPSA) is 92.2 Å². The van der Waals surface area contributed by atoms with Gasteiger partial charge in [-0.1, -0.05) is 0 Å². The van der Waals surface area contributed by atoms with Gasteiger partial charge in [0, 0.05) is 24.9 Å². The summed E-state index contributed by atoms with van der Waals surface area (Å²) in [5.41, 5.74) is -1.36. The molecule has 7 nitrogen and oxygen atoms in total. The summed E-state index contributed by atoms with van der Waals surface area (Å²) in [4.78, 5) is 48.5. The fourth-order valence-electron chi connectivity index (χ4n) is 1.57. The summed E-state index contributed by atoms with van der Waals surface area (Å²) in [7, 11) is 0. The zero-order chi connectivity index (χ0) is 12.6. The van der Waals surface area contributed by atoms with Crippen molar-refractivity contribution in [1.82, 2.24) is 14.5 Å². The van der Waals surface area contributed by atoms with E-state index in [2.05, 4.69) is 0 Å². The monoisotopic (exact) mass is 235 g/mol. The van der Waals surface area contributed by atoms with Crippen LogP contribution in [-0.4, -0.2) is 32.8 Å². The van der Waals surface area contributed by atoms with Crippen molar-refractivity contribution in [1.29, 1.82) is 0 Å². The standard InChI is InChI=1S/C10H9N3O4/c1-2-12-8(15)5-6(9(12)16)13-4-3-7(14)11-10(13)17/h3-5H,2H2,1H3,(H,11,14,17). The number of nitrogens with one attached hydrogen (secondary N) is 1. The van der Waals surface area contributed by atoms with Crippen LogP contribution in [0.15, 0.2) is 27.9 Å². The van der Waals surface area contributed by atoms with Crippen LogP contribution in [-0.2, 0) is 9.59 Å². The molecule has 2 heterocycles. The molecular weight excluding hydrogens is 226 g/mol. The van der Waals surface area contributed by atoms with E-state index in [1.165, 1.54) is 0 Å². The third kappa shape index (κ3) is 1.71. The molecule has 88 valence electrons. The van der Waals surface area contributed by atoms with Crippen LogP contribution >= 0.6 is 0 Å². The minimum atomic E-state index is -0.747. The molecule has 1 aromatic heterocycles. The van der Waals surface area contributed by atoms with Crippen molar-refractivity contribution in [3.05, 3.63) is 39.2 Å². The Kier molecular flexibility index (Phi) is 2.51. The Morgan fingerprint density at radius 1 is 1.24 bits per heavy atom. The first-order valence-corrected chi connectivity index (χ1v) is 4.94. The van der Waals surface area contributed by atoms with Crippen LogP contribution in [0.1, 0.15) is 6.92 Å². The lowest BCUT2D eigenvalue weighted by molar-refractivity contribution is -0.136. The third-order valence-electron chi connectivity index (χ3n) is 2.39. The Bertz CT molecular complexity index is 637. The van der Waals surface area contributed by atoms with Crippen LogP contribution in [0.2, 0.25) is 0 Å². The summed E-state index contributed by atoms with van der Waals surface area (Å²) >= 11 is 0. The number of hydrogen-bond donors (Lipinski definition) is 1. The van der Waals surface area contributed by atoms with Gasteiger partial charge in [0.05, 0.1) is 0 Å². The van der Waals surface area contributed by atoms with Crippen LogP contribution in [0.3, 0.4) is 0 Å². The normalized spacial score (nSPS) is 15.4. The Morgan fingerprint density at radius 3 is 2.47 bits per heavy atom. The molecule has 0 saturated carbocycles. The highest BCUT2D eigenvalue weighted by atomic mass is 16.2. The number of amides is 2. The van der Waals surface area contributed by atoms with E-state index in [1.807, 2.05) is 4.98 Å². The second kappa shape index (κ2) is 3.85. The van der Waals surface area contributed by atoms with E-state index in [4.69, 9.17) is 0 Å². The third-order valence-corrected chi connectivity index (χ3v) is 2.39. The van der Waals surface area contributed by atoms with Gasteiger partial charge in [-0.05, 0) is 6.92 Å². The number of rotatable bonds is 2. The highest BCUT2D eigenvalue weighted by Crippen LogP contribution is 2.14. The van der Waals surface area contributed by atoms with Gasteiger partial charge in [-0.25, -0.2) is 4.79 Å². The Hall–Kier alpha value is -2.44. The summed E-state index contributed by atoms with van der Waals surface area (Å²) in [5.74, 6) is -1.02. The Morgan fingerprint density at radius 2 is 1.94 bits per heavy atom. The molecule has 17 heavy (non-hydrogen) atoms. The largest absolute Gasteiger partial charge is 0.333 e. The van der Waals surface area contributed by atoms with Gasteiger partial charge < -0.3 is 0 Å². The van der Waals surface area contributed by atoms with Crippen molar-refractivity contribution in [3.8, 4) is 0 Å². The van der Waals surface area contributed by atoms with E-state index in [1.54, 1.807) is 6.92 Å². The van der Waals surface area contributed by atoms with Crippen LogP contribution in [0.4, 0.5) is 0 Å². The molecule has 1 aliphatic rings. The van der Waals surface area contributed by atoms with Gasteiger partial charge in [0.25, 0.3) is 17.4 Å². The van der Waals surface area contributed by atoms with Gasteiger partial charge >= 0.3 is 5.69 Å². The van der Waals surface area contributed by atoms with E-state index in [-0.39, 0.29) is 12.2 Å². The van der Waals surface area contributed by atoms with Crippen molar-refractivity contribution >= 4 is 17.5 Å². The number of aromatic amines is 1. The molecule has 1 N–H and O–H groups in total. The van der Waals surface area contributed by atoms with Crippen molar-refractivity contribution in [2.75, 3.05) is 6.54 Å². The number of nitrogens with zero attached hydrogens (tertiary/aromatic N) is 2. The van der Waals surface area contributed by atoms with Crippen LogP contribution in [0.5, 0.6) is 0 Å². The zero-order valence-electron chi connectivity index (χ0n) is 8.97. The van der Waals surface area contributed by atoms with E-state index >= 15 is 0 Å². The van der Waals surface area contributed by atoms with Crippen molar-refractivity contribution in [2.24, 2.45) is 0 Å². The first kappa shape index (κ1) is 11.1. The van der Waals surface area contributed by atoms with Gasteiger partial charge in [-0.2, -0.15) is 0 Å². The SMILES string of the molecule is CCN1C(=O)C=C(n2ccc(=O)[nH]c2=O)C1=O. The number of imide groups is 1. The first-order valence-electron chi connectivity index (χ1n) is 4.94. The lowest BCUT2D eigenvalue weighted by Crippen LogP contribution is -2.34. The molecule has 0 bridgehead atoms. The van der Waals surface area contributed by atoms with Crippen molar-refractivity contribution < 1.29 is 9.59 Å². The molecule has 1 aliphatic heterocycles. The second-order valence-electron chi connectivity index (χ2n) is 3.40. The molecular formula is C10H9N3O4. The maximum absolute atomic E-state index is 11.8. The molecule has 0 saturated heterocycles. The molecule has 0 spiro atoms. The number of carbonyl (C=O) groups excluding carboxylic acids is 2. The van der Waals surface area contributed by atoms with Crippen LogP contribution < -0.4 is 11.2 Å². The van der Waals surface area contributed by atoms with Crippen molar-refractivity contribution in [3.63, 3.8) is 0 Å². The summed E-state index contributed by atoms with van der Waals surface area (Å²) in [6, 6.07) is 1.11. The molecule has 7 heteroatoms. The summed E-state index contributed by atoms with van der Waals surface area (Å²) in [6.07, 6.45) is 2.24. The second-order valence-corrected chi connectivity index (χ2v) is 3.40. The maximum Gasteiger partial charge on any atom is 0.333 e. The number of carbonyl (C=O) groups is 2. The van der Waals surface area contributed by atoms with Crippen molar-refractivity contribution in [2.45, 2.75) is 6.92 Å². The maximum atomic E-state index is 11.8. The van der Waals surface area contributed by atoms with Crippen LogP contribution in [0.25, 0.3) is 5.70 Å². The first-order chi connectivity index (χ1) is 8.04. The highest BCUT2D eigenvalue weighted by Gasteiger charge is 2.31. The minimum Gasteiger partial charge on any atom is -0.274 e. The Balaban J connectivity index is 2.53. The number of likely N-dealkylation sites (N-methyl/N-ethyl adjacent to an activating group) is 1. The molecule has 1 aromatic rings. The average molecular weight is 235 g/mol. The molecule has 2 amide bonds. The quantitative estimate of drug-likeness (QED) is 0.649. The molecule has 0 fully saturated rings. The molecule has 0 atom stereocenters. The van der Waals surface area contributed by atoms with Gasteiger partial charge in [-0.15, -0.1) is 0 Å². The predicted octanol–water partition coefficient (Wildman–Crippen LogP) is -1.23. The van der Waals surface area contributed by atoms with E-state index in [9.17, 15) is 19.2 Å². The fourth-order valence-corrected chi connectivity index (χ4v) is 1.57. The van der Waals surface area contributed by atoms with E-state index in [0.29, 0.717) is 0 Å². The van der Waals surface area contributed by atoms with E-state index in [0.717, 1.165) is 27.8 Å². The summed E-state index contributed by atoms with van der Waals surface area (Å²) < 4.78 is 0.942. The molecule has 0 aromatic carbocycles. The minimum absolute atomic E-state index is 0.0573. The number of aromatic nitrogens is 2. The summed E-state index contributed by atoms with van der Waals surface area (Å²) in [5, 5.41) is 0. The van der Waals surface area contributed by atoms with Gasteiger partial charge in [-0.3, -0.25) is 28.8 Å². The summed E-state index contributed by atoms with van der Waals surface area (Å²) in [6.45, 7) is 1.89. The van der Waals surface area contributed by atoms with E-state index < -0.39 is 23.1 Å². The van der Waals surface area contributed by atoms with Gasteiger partial charge in [0.1, 0.15) is 5.70 Å². The highest BCUT2D eigenvalue weighted by molar-refractivity contribution is 6.29. The molecule has 0 aliphatic carbocycles. The fraction of sp³-hybridized carbons (Fsp3) is 0.200. The van der Waals surface area contributed by atoms with Gasteiger partial charge in [0.15, 0.2) is 0 Å². The molecule has 0 unspecified atom stereocenters. The average Bonchev–Trinajstić information content (AvgIpc) is 2.54. The lowest BCUT2D eigenvalue weighted by atomic mass is 10.4. The predicted molar refractivity (Wildman–Crippen MR) is 58.0 cm³/mol. The molecule has 0 radical (unpaired) electrons. The lowest BCUT2D eigenvalue weighted by Gasteiger charge is -2.11. The van der Waals surface area contributed by atoms with Gasteiger partial charge in [0.2, 0.25) is 0 Å². The van der Waals surface area contributed by atoms with Crippen LogP contribution in [0, 0.1) is 0 Å². The smallest absolute Gasteiger partial charge is 0.274 e. The molecule has 2 rings (SSSR count). The number of H-pyrrole nitrogens is 1. The number of hydrogen-bond acceptors (Lipinski definition) is 4. The Labute approximate surface area is 95.0 Å².